The van der Waals surface area contributed by atoms with E-state index in [9.17, 15) is 0 Å². The third-order valence-electron chi connectivity index (χ3n) is 1.33. The van der Waals surface area contributed by atoms with Crippen LogP contribution in [0.3, 0.4) is 0 Å². The molecule has 1 aromatic rings. The van der Waals surface area contributed by atoms with Crippen LogP contribution < -0.4 is 0 Å². The lowest BCUT2D eigenvalue weighted by Crippen LogP contribution is -1.75. The Labute approximate surface area is 85.4 Å². The van der Waals surface area contributed by atoms with Gasteiger partial charge in [-0.2, -0.15) is 0 Å². The molecule has 0 aliphatic carbocycles. The zero-order valence-electron chi connectivity index (χ0n) is 6.14. The van der Waals surface area contributed by atoms with Crippen LogP contribution in [0.1, 0.15) is 12.5 Å². The summed E-state index contributed by atoms with van der Waals surface area (Å²) in [4.78, 5) is 0. The van der Waals surface area contributed by atoms with Crippen LogP contribution in [0.15, 0.2) is 33.9 Å². The molecule has 0 saturated heterocycles. The first kappa shape index (κ1) is 9.07. The molecule has 0 unspecified atom stereocenters. The highest BCUT2D eigenvalue weighted by Gasteiger charge is 1.97. The molecule has 0 N–H and O–H groups in total. The van der Waals surface area contributed by atoms with Crippen LogP contribution in [-0.2, 0) is 0 Å². The van der Waals surface area contributed by atoms with Gasteiger partial charge in [-0.15, -0.1) is 0 Å². The molecule has 0 aliphatic rings. The first-order valence-electron chi connectivity index (χ1n) is 3.29. The molecule has 11 heavy (non-hydrogen) atoms. The van der Waals surface area contributed by atoms with E-state index in [-0.39, 0.29) is 0 Å². The SMILES string of the molecule is CC(I)=C(Cl)c1ccccc1. The minimum atomic E-state index is 0.839. The second kappa shape index (κ2) is 4.12. The minimum absolute atomic E-state index is 0.839. The van der Waals surface area contributed by atoms with Gasteiger partial charge in [0.2, 0.25) is 0 Å². The molecule has 0 aromatic heterocycles. The monoisotopic (exact) mass is 278 g/mol. The van der Waals surface area contributed by atoms with Gasteiger partial charge in [0.1, 0.15) is 0 Å². The Kier molecular flexibility index (Phi) is 3.40. The number of allylic oxidation sites excluding steroid dienone is 1. The molecule has 0 heterocycles. The summed E-state index contributed by atoms with van der Waals surface area (Å²) in [5.74, 6) is 0. The van der Waals surface area contributed by atoms with Gasteiger partial charge in [0.25, 0.3) is 0 Å². The van der Waals surface area contributed by atoms with E-state index in [1.807, 2.05) is 37.3 Å². The molecule has 58 valence electrons. The first-order valence-corrected chi connectivity index (χ1v) is 4.75. The van der Waals surface area contributed by atoms with E-state index in [1.54, 1.807) is 0 Å². The first-order chi connectivity index (χ1) is 5.22. The summed E-state index contributed by atoms with van der Waals surface area (Å²) in [6, 6.07) is 9.96. The third-order valence-corrected chi connectivity index (χ3v) is 2.69. The summed E-state index contributed by atoms with van der Waals surface area (Å²) in [5.41, 5.74) is 1.08. The van der Waals surface area contributed by atoms with Gasteiger partial charge in [-0.05, 0) is 35.1 Å². The quantitative estimate of drug-likeness (QED) is 0.680. The van der Waals surface area contributed by atoms with E-state index in [0.717, 1.165) is 14.2 Å². The van der Waals surface area contributed by atoms with Gasteiger partial charge in [-0.25, -0.2) is 0 Å². The highest BCUT2D eigenvalue weighted by Crippen LogP contribution is 2.25. The van der Waals surface area contributed by atoms with Crippen LogP contribution in [0.5, 0.6) is 0 Å². The maximum absolute atomic E-state index is 6.01. The van der Waals surface area contributed by atoms with Crippen molar-refractivity contribution in [3.05, 3.63) is 39.5 Å². The van der Waals surface area contributed by atoms with Crippen molar-refractivity contribution in [2.75, 3.05) is 0 Å². The van der Waals surface area contributed by atoms with Crippen molar-refractivity contribution < 1.29 is 0 Å². The predicted octanol–water partition coefficient (Wildman–Crippen LogP) is 4.05. The van der Waals surface area contributed by atoms with Crippen molar-refractivity contribution in [3.63, 3.8) is 0 Å². The van der Waals surface area contributed by atoms with Crippen molar-refractivity contribution in [3.8, 4) is 0 Å². The summed E-state index contributed by atoms with van der Waals surface area (Å²) in [5, 5.41) is 0.839. The fourth-order valence-electron chi connectivity index (χ4n) is 0.783. The fraction of sp³-hybridized carbons (Fsp3) is 0.111. The van der Waals surface area contributed by atoms with Gasteiger partial charge < -0.3 is 0 Å². The van der Waals surface area contributed by atoms with E-state index in [4.69, 9.17) is 11.6 Å². The van der Waals surface area contributed by atoms with E-state index in [2.05, 4.69) is 22.6 Å². The molecule has 0 fully saturated rings. The molecule has 0 amide bonds. The molecule has 2 heteroatoms. The molecule has 1 aromatic carbocycles. The summed E-state index contributed by atoms with van der Waals surface area (Å²) < 4.78 is 1.12. The van der Waals surface area contributed by atoms with Gasteiger partial charge in [0.05, 0.1) is 5.03 Å². The second-order valence-corrected chi connectivity index (χ2v) is 4.21. The fourth-order valence-corrected chi connectivity index (χ4v) is 1.22. The molecule has 0 radical (unpaired) electrons. The Morgan fingerprint density at radius 2 is 1.82 bits per heavy atom. The summed E-state index contributed by atoms with van der Waals surface area (Å²) in [6.45, 7) is 2.00. The molecule has 0 nitrogen and oxygen atoms in total. The van der Waals surface area contributed by atoms with Crippen molar-refractivity contribution in [2.24, 2.45) is 0 Å². The highest BCUT2D eigenvalue weighted by molar-refractivity contribution is 14.1. The summed E-state index contributed by atoms with van der Waals surface area (Å²) in [7, 11) is 0. The lowest BCUT2D eigenvalue weighted by Gasteiger charge is -1.98. The number of halogens is 2. The largest absolute Gasteiger partial charge is 0.0829 e. The van der Waals surface area contributed by atoms with E-state index < -0.39 is 0 Å². The van der Waals surface area contributed by atoms with Crippen LogP contribution in [0.25, 0.3) is 5.03 Å². The number of benzene rings is 1. The second-order valence-electron chi connectivity index (χ2n) is 2.21. The smallest absolute Gasteiger partial charge is 0.0568 e. The van der Waals surface area contributed by atoms with E-state index >= 15 is 0 Å². The van der Waals surface area contributed by atoms with Gasteiger partial charge in [0.15, 0.2) is 0 Å². The molecule has 0 saturated carbocycles. The Balaban J connectivity index is 3.04. The molecule has 0 aliphatic heterocycles. The molecule has 0 atom stereocenters. The Morgan fingerprint density at radius 1 is 1.27 bits per heavy atom. The van der Waals surface area contributed by atoms with Gasteiger partial charge in [-0.3, -0.25) is 0 Å². The van der Waals surface area contributed by atoms with E-state index in [1.165, 1.54) is 0 Å². The van der Waals surface area contributed by atoms with Crippen molar-refractivity contribution in [1.82, 2.24) is 0 Å². The Hall–Kier alpha value is -0.0200. The topological polar surface area (TPSA) is 0 Å². The van der Waals surface area contributed by atoms with Crippen molar-refractivity contribution in [2.45, 2.75) is 6.92 Å². The minimum Gasteiger partial charge on any atom is -0.0829 e. The lowest BCUT2D eigenvalue weighted by molar-refractivity contribution is 1.62. The van der Waals surface area contributed by atoms with Crippen LogP contribution in [-0.4, -0.2) is 0 Å². The summed E-state index contributed by atoms with van der Waals surface area (Å²) >= 11 is 8.23. The Morgan fingerprint density at radius 3 is 2.27 bits per heavy atom. The van der Waals surface area contributed by atoms with Gasteiger partial charge >= 0.3 is 0 Å². The van der Waals surface area contributed by atoms with Crippen LogP contribution >= 0.6 is 34.2 Å². The normalized spacial score (nSPS) is 12.6. The zero-order chi connectivity index (χ0) is 8.27. The lowest BCUT2D eigenvalue weighted by atomic mass is 10.2. The number of hydrogen-bond donors (Lipinski definition) is 0. The molecule has 0 bridgehead atoms. The van der Waals surface area contributed by atoms with Crippen LogP contribution in [0.2, 0.25) is 0 Å². The zero-order valence-corrected chi connectivity index (χ0v) is 9.06. The standard InChI is InChI=1S/C9H8ClI/c1-7(11)9(10)8-5-3-2-4-6-8/h2-6H,1H3. The Bertz CT molecular complexity index is 260. The van der Waals surface area contributed by atoms with Crippen molar-refractivity contribution >= 4 is 39.2 Å². The molecular formula is C9H8ClI. The maximum Gasteiger partial charge on any atom is 0.0568 e. The molecule has 1 rings (SSSR count). The van der Waals surface area contributed by atoms with Crippen molar-refractivity contribution in [1.29, 1.82) is 0 Å². The number of hydrogen-bond acceptors (Lipinski definition) is 0. The molecule has 0 spiro atoms. The van der Waals surface area contributed by atoms with E-state index in [0.29, 0.717) is 0 Å². The maximum atomic E-state index is 6.01. The van der Waals surface area contributed by atoms with Gasteiger partial charge in [0, 0.05) is 3.58 Å². The average molecular weight is 279 g/mol. The van der Waals surface area contributed by atoms with Gasteiger partial charge in [-0.1, -0.05) is 41.9 Å². The predicted molar refractivity (Wildman–Crippen MR) is 58.9 cm³/mol. The number of rotatable bonds is 1. The van der Waals surface area contributed by atoms with Crippen LogP contribution in [0.4, 0.5) is 0 Å². The van der Waals surface area contributed by atoms with Crippen LogP contribution in [0, 0.1) is 0 Å². The summed E-state index contributed by atoms with van der Waals surface area (Å²) in [6.07, 6.45) is 0. The highest BCUT2D eigenvalue weighted by atomic mass is 127. The molecular weight excluding hydrogens is 270 g/mol. The average Bonchev–Trinajstić information content (AvgIpc) is 2.05. The third kappa shape index (κ3) is 2.49.